The van der Waals surface area contributed by atoms with Gasteiger partial charge in [0, 0.05) is 12.6 Å². The lowest BCUT2D eigenvalue weighted by Gasteiger charge is -2.28. The summed E-state index contributed by atoms with van der Waals surface area (Å²) in [6.07, 6.45) is 1.09. The Morgan fingerprint density at radius 1 is 1.56 bits per heavy atom. The van der Waals surface area contributed by atoms with E-state index in [1.807, 2.05) is 25.1 Å². The number of nitrogens with two attached hydrogens (primary N) is 1. The lowest BCUT2D eigenvalue weighted by atomic mass is 10.0. The smallest absolute Gasteiger partial charge is 0.0643 e. The standard InChI is InChI=1S/C14H21ClN2O/c1-9-5-6-17(14(9)8-18)13-4-3-11(10(2)16)7-12(13)15/h3-4,7,9-10,14,18H,5-6,8,16H2,1-2H3. The molecule has 1 aromatic rings. The van der Waals surface area contributed by atoms with Gasteiger partial charge in [-0.3, -0.25) is 0 Å². The molecule has 0 amide bonds. The largest absolute Gasteiger partial charge is 0.394 e. The van der Waals surface area contributed by atoms with E-state index in [4.69, 9.17) is 17.3 Å². The first-order valence-electron chi connectivity index (χ1n) is 6.47. The number of aliphatic hydroxyl groups is 1. The summed E-state index contributed by atoms with van der Waals surface area (Å²) < 4.78 is 0. The van der Waals surface area contributed by atoms with Crippen LogP contribution in [0, 0.1) is 5.92 Å². The Hall–Kier alpha value is -0.770. The van der Waals surface area contributed by atoms with Crippen LogP contribution in [0.2, 0.25) is 5.02 Å². The number of halogens is 1. The van der Waals surface area contributed by atoms with Crippen LogP contribution in [0.3, 0.4) is 0 Å². The third-order valence-corrected chi connectivity index (χ3v) is 4.18. The maximum atomic E-state index is 9.50. The monoisotopic (exact) mass is 268 g/mol. The van der Waals surface area contributed by atoms with Crippen molar-refractivity contribution in [2.45, 2.75) is 32.4 Å². The highest BCUT2D eigenvalue weighted by Crippen LogP contribution is 2.35. The lowest BCUT2D eigenvalue weighted by molar-refractivity contribution is 0.245. The number of benzene rings is 1. The summed E-state index contributed by atoms with van der Waals surface area (Å²) in [7, 11) is 0. The summed E-state index contributed by atoms with van der Waals surface area (Å²) in [4.78, 5) is 2.21. The molecule has 4 heteroatoms. The Balaban J connectivity index is 2.28. The van der Waals surface area contributed by atoms with Crippen LogP contribution >= 0.6 is 11.6 Å². The molecule has 1 aromatic carbocycles. The Morgan fingerprint density at radius 2 is 2.28 bits per heavy atom. The SMILES string of the molecule is CC(N)c1ccc(N2CCC(C)C2CO)c(Cl)c1. The lowest BCUT2D eigenvalue weighted by Crippen LogP contribution is -2.35. The van der Waals surface area contributed by atoms with Gasteiger partial charge in [-0.15, -0.1) is 0 Å². The van der Waals surface area contributed by atoms with E-state index in [-0.39, 0.29) is 18.7 Å². The summed E-state index contributed by atoms with van der Waals surface area (Å²) >= 11 is 6.34. The van der Waals surface area contributed by atoms with E-state index in [0.29, 0.717) is 5.92 Å². The first-order chi connectivity index (χ1) is 8.54. The minimum atomic E-state index is -0.0114. The normalized spacial score (nSPS) is 25.5. The minimum Gasteiger partial charge on any atom is -0.394 e. The van der Waals surface area contributed by atoms with E-state index in [2.05, 4.69) is 11.8 Å². The third-order valence-electron chi connectivity index (χ3n) is 3.88. The zero-order valence-corrected chi connectivity index (χ0v) is 11.7. The van der Waals surface area contributed by atoms with Gasteiger partial charge in [-0.25, -0.2) is 0 Å². The Bertz CT molecular complexity index is 422. The van der Waals surface area contributed by atoms with Gasteiger partial charge in [0.05, 0.1) is 23.4 Å². The Labute approximate surface area is 114 Å². The van der Waals surface area contributed by atoms with Gasteiger partial charge in [0.2, 0.25) is 0 Å². The molecular weight excluding hydrogens is 248 g/mol. The highest BCUT2D eigenvalue weighted by molar-refractivity contribution is 6.33. The topological polar surface area (TPSA) is 49.5 Å². The van der Waals surface area contributed by atoms with Crippen molar-refractivity contribution in [3.8, 4) is 0 Å². The van der Waals surface area contributed by atoms with Gasteiger partial charge >= 0.3 is 0 Å². The van der Waals surface area contributed by atoms with Crippen LogP contribution in [0.5, 0.6) is 0 Å². The van der Waals surface area contributed by atoms with Crippen LogP contribution in [0.25, 0.3) is 0 Å². The van der Waals surface area contributed by atoms with Crippen molar-refractivity contribution < 1.29 is 5.11 Å². The molecule has 100 valence electrons. The summed E-state index contributed by atoms with van der Waals surface area (Å²) in [5, 5.41) is 10.2. The first-order valence-corrected chi connectivity index (χ1v) is 6.85. The van der Waals surface area contributed by atoms with Crippen LogP contribution in [0.1, 0.15) is 31.9 Å². The summed E-state index contributed by atoms with van der Waals surface area (Å²) in [6.45, 7) is 5.24. The summed E-state index contributed by atoms with van der Waals surface area (Å²) in [6, 6.07) is 6.12. The van der Waals surface area contributed by atoms with Crippen LogP contribution in [0.4, 0.5) is 5.69 Å². The second-order valence-electron chi connectivity index (χ2n) is 5.21. The molecule has 3 atom stereocenters. The number of rotatable bonds is 3. The molecule has 1 heterocycles. The molecule has 1 saturated heterocycles. The highest BCUT2D eigenvalue weighted by Gasteiger charge is 2.31. The van der Waals surface area contributed by atoms with E-state index in [0.717, 1.165) is 29.2 Å². The van der Waals surface area contributed by atoms with E-state index in [9.17, 15) is 5.11 Å². The van der Waals surface area contributed by atoms with Gasteiger partial charge in [-0.1, -0.05) is 24.6 Å². The number of nitrogens with zero attached hydrogens (tertiary/aromatic N) is 1. The second-order valence-corrected chi connectivity index (χ2v) is 5.62. The van der Waals surface area contributed by atoms with Crippen LogP contribution < -0.4 is 10.6 Å². The minimum absolute atomic E-state index is 0.0114. The average molecular weight is 269 g/mol. The van der Waals surface area contributed by atoms with Crippen molar-refractivity contribution in [2.75, 3.05) is 18.1 Å². The number of hydrogen-bond donors (Lipinski definition) is 2. The molecule has 2 rings (SSSR count). The highest BCUT2D eigenvalue weighted by atomic mass is 35.5. The zero-order chi connectivity index (χ0) is 13.3. The van der Waals surface area contributed by atoms with Gasteiger partial charge in [0.25, 0.3) is 0 Å². The molecule has 0 radical (unpaired) electrons. The molecule has 0 spiro atoms. The fraction of sp³-hybridized carbons (Fsp3) is 0.571. The zero-order valence-electron chi connectivity index (χ0n) is 10.9. The second kappa shape index (κ2) is 5.47. The Kier molecular flexibility index (Phi) is 4.15. The quantitative estimate of drug-likeness (QED) is 0.886. The van der Waals surface area contributed by atoms with Gasteiger partial charge in [0.1, 0.15) is 0 Å². The van der Waals surface area contributed by atoms with E-state index >= 15 is 0 Å². The van der Waals surface area contributed by atoms with Gasteiger partial charge < -0.3 is 15.7 Å². The molecule has 1 fully saturated rings. The van der Waals surface area contributed by atoms with Crippen molar-refractivity contribution in [2.24, 2.45) is 11.7 Å². The number of aliphatic hydroxyl groups excluding tert-OH is 1. The molecule has 1 aliphatic rings. The third kappa shape index (κ3) is 2.48. The molecule has 0 bridgehead atoms. The molecule has 1 aliphatic heterocycles. The fourth-order valence-corrected chi connectivity index (χ4v) is 2.92. The molecule has 18 heavy (non-hydrogen) atoms. The predicted molar refractivity (Wildman–Crippen MR) is 76.1 cm³/mol. The molecular formula is C14H21ClN2O. The average Bonchev–Trinajstić information content (AvgIpc) is 2.70. The molecule has 0 aliphatic carbocycles. The van der Waals surface area contributed by atoms with Crippen molar-refractivity contribution in [1.29, 1.82) is 0 Å². The first kappa shape index (κ1) is 13.7. The van der Waals surface area contributed by atoms with Crippen molar-refractivity contribution >= 4 is 17.3 Å². The van der Waals surface area contributed by atoms with Crippen molar-refractivity contribution in [1.82, 2.24) is 0 Å². The van der Waals surface area contributed by atoms with E-state index < -0.39 is 0 Å². The molecule has 0 aromatic heterocycles. The summed E-state index contributed by atoms with van der Waals surface area (Å²) in [5.74, 6) is 0.499. The van der Waals surface area contributed by atoms with Crippen molar-refractivity contribution in [3.63, 3.8) is 0 Å². The van der Waals surface area contributed by atoms with Crippen molar-refractivity contribution in [3.05, 3.63) is 28.8 Å². The predicted octanol–water partition coefficient (Wildman–Crippen LogP) is 2.57. The van der Waals surface area contributed by atoms with E-state index in [1.54, 1.807) is 0 Å². The summed E-state index contributed by atoms with van der Waals surface area (Å²) in [5.41, 5.74) is 7.89. The van der Waals surface area contributed by atoms with Gasteiger partial charge in [-0.05, 0) is 37.0 Å². The van der Waals surface area contributed by atoms with Crippen LogP contribution in [-0.4, -0.2) is 24.3 Å². The fourth-order valence-electron chi connectivity index (χ4n) is 2.63. The van der Waals surface area contributed by atoms with Crippen LogP contribution in [-0.2, 0) is 0 Å². The molecule has 3 nitrogen and oxygen atoms in total. The van der Waals surface area contributed by atoms with Gasteiger partial charge in [0.15, 0.2) is 0 Å². The maximum Gasteiger partial charge on any atom is 0.0643 e. The Morgan fingerprint density at radius 3 is 2.83 bits per heavy atom. The molecule has 3 N–H and O–H groups in total. The number of hydrogen-bond acceptors (Lipinski definition) is 3. The van der Waals surface area contributed by atoms with Gasteiger partial charge in [-0.2, -0.15) is 0 Å². The number of anilines is 1. The van der Waals surface area contributed by atoms with E-state index in [1.165, 1.54) is 0 Å². The molecule has 3 unspecified atom stereocenters. The molecule has 0 saturated carbocycles. The van der Waals surface area contributed by atoms with Crippen LogP contribution in [0.15, 0.2) is 18.2 Å². The maximum absolute atomic E-state index is 9.50.